The number of aliphatic hydroxyl groups excluding tert-OH is 1. The Morgan fingerprint density at radius 2 is 2.24 bits per heavy atom. The predicted octanol–water partition coefficient (Wildman–Crippen LogP) is 0.00470. The molecule has 0 saturated heterocycles. The Bertz CT molecular complexity index is 401. The van der Waals surface area contributed by atoms with Gasteiger partial charge in [-0.1, -0.05) is 0 Å². The summed E-state index contributed by atoms with van der Waals surface area (Å²) in [6, 6.07) is 2.75. The van der Waals surface area contributed by atoms with Crippen molar-refractivity contribution >= 4 is 5.91 Å². The highest BCUT2D eigenvalue weighted by molar-refractivity contribution is 5.74. The number of primary amides is 1. The van der Waals surface area contributed by atoms with E-state index in [1.165, 1.54) is 0 Å². The molecule has 0 aliphatic carbocycles. The summed E-state index contributed by atoms with van der Waals surface area (Å²) in [6.45, 7) is -0.577. The molecule has 7 heteroatoms. The van der Waals surface area contributed by atoms with E-state index in [1.54, 1.807) is 0 Å². The quantitative estimate of drug-likeness (QED) is 0.487. The lowest BCUT2D eigenvalue weighted by molar-refractivity contribution is -0.125. The first kappa shape index (κ1) is 13.5. The third kappa shape index (κ3) is 4.43. The van der Waals surface area contributed by atoms with Crippen LogP contribution in [0.3, 0.4) is 0 Å². The number of aliphatic hydroxyl groups is 1. The molecule has 0 aliphatic heterocycles. The van der Waals surface area contributed by atoms with Gasteiger partial charge in [0.25, 0.3) is 0 Å². The van der Waals surface area contributed by atoms with Gasteiger partial charge in [0, 0.05) is 5.56 Å². The number of hydrogen-bond donors (Lipinski definition) is 3. The number of carbonyl (C=O) groups excluding carboxylic acids is 1. The Balaban J connectivity index is 2.49. The third-order valence-electron chi connectivity index (χ3n) is 1.91. The zero-order valence-corrected chi connectivity index (χ0v) is 8.82. The van der Waals surface area contributed by atoms with Crippen molar-refractivity contribution in [3.05, 3.63) is 35.4 Å². The van der Waals surface area contributed by atoms with Gasteiger partial charge < -0.3 is 10.8 Å². The molecule has 5 nitrogen and oxygen atoms in total. The Morgan fingerprint density at radius 3 is 2.88 bits per heavy atom. The smallest absolute Gasteiger partial charge is 0.245 e. The number of carbonyl (C=O) groups is 1. The molecule has 4 N–H and O–H groups in total. The molecule has 0 heterocycles. The molecule has 1 amide bonds. The number of rotatable bonds is 6. The van der Waals surface area contributed by atoms with Gasteiger partial charge in [-0.05, 0) is 18.2 Å². The fourth-order valence-corrected chi connectivity index (χ4v) is 1.14. The van der Waals surface area contributed by atoms with Crippen LogP contribution in [0.25, 0.3) is 0 Å². The van der Waals surface area contributed by atoms with Crippen LogP contribution in [0.4, 0.5) is 8.78 Å². The van der Waals surface area contributed by atoms with E-state index in [9.17, 15) is 18.7 Å². The highest BCUT2D eigenvalue weighted by Crippen LogP contribution is 2.17. The summed E-state index contributed by atoms with van der Waals surface area (Å²) in [5.74, 6) is -2.07. The number of nitrogens with one attached hydrogen (secondary N) is 1. The van der Waals surface area contributed by atoms with E-state index in [-0.39, 0.29) is 18.7 Å². The van der Waals surface area contributed by atoms with Crippen molar-refractivity contribution in [3.8, 4) is 0 Å². The molecule has 17 heavy (non-hydrogen) atoms. The molecule has 0 aromatic heterocycles. The van der Waals surface area contributed by atoms with E-state index in [0.29, 0.717) is 0 Å². The van der Waals surface area contributed by atoms with Crippen molar-refractivity contribution in [1.82, 2.24) is 5.48 Å². The van der Waals surface area contributed by atoms with Crippen molar-refractivity contribution in [3.63, 3.8) is 0 Å². The molecule has 1 aromatic carbocycles. The minimum absolute atomic E-state index is 0.194. The van der Waals surface area contributed by atoms with Crippen LogP contribution in [-0.2, 0) is 9.63 Å². The lowest BCUT2D eigenvalue weighted by Crippen LogP contribution is -2.28. The SMILES string of the molecule is NC(=O)CONCC(O)c1cc(F)ccc1F. The maximum Gasteiger partial charge on any atom is 0.245 e. The monoisotopic (exact) mass is 246 g/mol. The van der Waals surface area contributed by atoms with E-state index in [4.69, 9.17) is 5.73 Å². The van der Waals surface area contributed by atoms with Crippen LogP contribution in [-0.4, -0.2) is 24.2 Å². The predicted molar refractivity (Wildman–Crippen MR) is 54.5 cm³/mol. The van der Waals surface area contributed by atoms with Gasteiger partial charge in [-0.15, -0.1) is 0 Å². The van der Waals surface area contributed by atoms with Gasteiger partial charge >= 0.3 is 0 Å². The Kier molecular flexibility index (Phi) is 4.95. The fraction of sp³-hybridized carbons (Fsp3) is 0.300. The number of halogens is 2. The topological polar surface area (TPSA) is 84.6 Å². The van der Waals surface area contributed by atoms with E-state index < -0.39 is 23.6 Å². The summed E-state index contributed by atoms with van der Waals surface area (Å²) in [6.07, 6.45) is -1.29. The Hall–Kier alpha value is -1.57. The summed E-state index contributed by atoms with van der Waals surface area (Å²) in [7, 11) is 0. The number of hydrogen-bond acceptors (Lipinski definition) is 4. The van der Waals surface area contributed by atoms with Crippen molar-refractivity contribution < 1.29 is 23.5 Å². The molecule has 0 spiro atoms. The van der Waals surface area contributed by atoms with Gasteiger partial charge in [0.15, 0.2) is 0 Å². The summed E-state index contributed by atoms with van der Waals surface area (Å²) in [5.41, 5.74) is 6.82. The molecule has 0 aliphatic rings. The van der Waals surface area contributed by atoms with Crippen LogP contribution in [0.5, 0.6) is 0 Å². The van der Waals surface area contributed by atoms with E-state index >= 15 is 0 Å². The zero-order valence-electron chi connectivity index (χ0n) is 8.82. The number of amides is 1. The number of hydroxylamine groups is 1. The summed E-state index contributed by atoms with van der Waals surface area (Å²) >= 11 is 0. The fourth-order valence-electron chi connectivity index (χ4n) is 1.14. The van der Waals surface area contributed by atoms with Gasteiger partial charge in [-0.25, -0.2) is 8.78 Å². The van der Waals surface area contributed by atoms with Crippen molar-refractivity contribution in [2.75, 3.05) is 13.2 Å². The van der Waals surface area contributed by atoms with Crippen molar-refractivity contribution in [2.24, 2.45) is 5.73 Å². The minimum atomic E-state index is -1.29. The molecular formula is C10H12F2N2O3. The van der Waals surface area contributed by atoms with Crippen LogP contribution in [0.2, 0.25) is 0 Å². The summed E-state index contributed by atoms with van der Waals surface area (Å²) in [5, 5.41) is 9.53. The summed E-state index contributed by atoms with van der Waals surface area (Å²) in [4.78, 5) is 14.9. The molecule has 1 unspecified atom stereocenters. The van der Waals surface area contributed by atoms with Crippen LogP contribution >= 0.6 is 0 Å². The van der Waals surface area contributed by atoms with Crippen LogP contribution in [0.1, 0.15) is 11.7 Å². The van der Waals surface area contributed by atoms with E-state index in [1.807, 2.05) is 0 Å². The van der Waals surface area contributed by atoms with Gasteiger partial charge in [0.05, 0.1) is 12.6 Å². The minimum Gasteiger partial charge on any atom is -0.387 e. The Morgan fingerprint density at radius 1 is 1.53 bits per heavy atom. The highest BCUT2D eigenvalue weighted by atomic mass is 19.1. The second kappa shape index (κ2) is 6.24. The molecule has 0 fully saturated rings. The lowest BCUT2D eigenvalue weighted by atomic mass is 10.1. The summed E-state index contributed by atoms with van der Waals surface area (Å²) < 4.78 is 26.0. The second-order valence-corrected chi connectivity index (χ2v) is 3.29. The molecule has 1 rings (SSSR count). The molecule has 0 bridgehead atoms. The van der Waals surface area contributed by atoms with Crippen molar-refractivity contribution in [1.29, 1.82) is 0 Å². The molecule has 1 atom stereocenters. The first-order chi connectivity index (χ1) is 8.00. The standard InChI is InChI=1S/C10H12F2N2O3/c11-6-1-2-8(12)7(3-6)9(15)4-14-17-5-10(13)16/h1-3,9,14-15H,4-5H2,(H2,13,16). The average molecular weight is 246 g/mol. The second-order valence-electron chi connectivity index (χ2n) is 3.29. The first-order valence-corrected chi connectivity index (χ1v) is 4.76. The van der Waals surface area contributed by atoms with E-state index in [2.05, 4.69) is 10.3 Å². The molecule has 0 radical (unpaired) electrons. The normalized spacial score (nSPS) is 12.4. The molecule has 94 valence electrons. The first-order valence-electron chi connectivity index (χ1n) is 4.76. The zero-order chi connectivity index (χ0) is 12.8. The van der Waals surface area contributed by atoms with Crippen LogP contribution < -0.4 is 11.2 Å². The molecule has 0 saturated carbocycles. The largest absolute Gasteiger partial charge is 0.387 e. The lowest BCUT2D eigenvalue weighted by Gasteiger charge is -2.12. The van der Waals surface area contributed by atoms with Crippen LogP contribution in [0.15, 0.2) is 18.2 Å². The van der Waals surface area contributed by atoms with Crippen LogP contribution in [0, 0.1) is 11.6 Å². The van der Waals surface area contributed by atoms with Crippen molar-refractivity contribution in [2.45, 2.75) is 6.10 Å². The third-order valence-corrected chi connectivity index (χ3v) is 1.91. The highest BCUT2D eigenvalue weighted by Gasteiger charge is 2.13. The van der Waals surface area contributed by atoms with Gasteiger partial charge in [-0.2, -0.15) is 5.48 Å². The average Bonchev–Trinajstić information content (AvgIpc) is 2.27. The maximum absolute atomic E-state index is 13.2. The van der Waals surface area contributed by atoms with E-state index in [0.717, 1.165) is 18.2 Å². The number of nitrogens with two attached hydrogens (primary N) is 1. The molecular weight excluding hydrogens is 234 g/mol. The van der Waals surface area contributed by atoms with Gasteiger partial charge in [0.2, 0.25) is 5.91 Å². The van der Waals surface area contributed by atoms with Gasteiger partial charge in [-0.3, -0.25) is 9.63 Å². The number of benzene rings is 1. The van der Waals surface area contributed by atoms with Gasteiger partial charge in [0.1, 0.15) is 18.2 Å². The maximum atomic E-state index is 13.2. The Labute approximate surface area is 96.1 Å². The molecule has 1 aromatic rings.